The molecule has 0 saturated carbocycles. The van der Waals surface area contributed by atoms with Gasteiger partial charge in [-0.25, -0.2) is 0 Å². The fraction of sp³-hybridized carbons (Fsp3) is 0.500. The summed E-state index contributed by atoms with van der Waals surface area (Å²) in [6.45, 7) is 4.22. The Labute approximate surface area is 135 Å². The molecule has 5 nitrogen and oxygen atoms in total. The molecule has 4 aliphatic rings. The Balaban J connectivity index is 1.47. The van der Waals surface area contributed by atoms with Gasteiger partial charge >= 0.3 is 0 Å². The zero-order valence-electron chi connectivity index (χ0n) is 13.1. The van der Waals surface area contributed by atoms with Crippen molar-refractivity contribution >= 4 is 16.8 Å². The highest BCUT2D eigenvalue weighted by Crippen LogP contribution is 2.37. The second kappa shape index (κ2) is 4.74. The van der Waals surface area contributed by atoms with Crippen LogP contribution >= 0.6 is 0 Å². The van der Waals surface area contributed by atoms with Gasteiger partial charge in [0.05, 0.1) is 17.5 Å². The highest BCUT2D eigenvalue weighted by Gasteiger charge is 2.44. The van der Waals surface area contributed by atoms with Gasteiger partial charge in [0.25, 0.3) is 0 Å². The van der Waals surface area contributed by atoms with Gasteiger partial charge in [0, 0.05) is 6.54 Å². The molecule has 0 radical (unpaired) electrons. The average molecular weight is 311 g/mol. The number of aromatic hydroxyl groups is 1. The molecule has 1 atom stereocenters. The maximum absolute atomic E-state index is 10.5. The largest absolute Gasteiger partial charge is 0.504 e. The van der Waals surface area contributed by atoms with Crippen LogP contribution in [0.15, 0.2) is 33.7 Å². The predicted octanol–water partition coefficient (Wildman–Crippen LogP) is 2.34. The third-order valence-electron chi connectivity index (χ3n) is 5.62. The number of nitrogens with zero attached hydrogens (tertiary/aromatic N) is 2. The first-order valence-corrected chi connectivity index (χ1v) is 8.48. The Kier molecular flexibility index (Phi) is 2.77. The van der Waals surface area contributed by atoms with Crippen LogP contribution in [-0.4, -0.2) is 47.6 Å². The van der Waals surface area contributed by atoms with Crippen LogP contribution in [0.25, 0.3) is 11.0 Å². The van der Waals surface area contributed by atoms with E-state index in [-0.39, 0.29) is 11.3 Å². The van der Waals surface area contributed by atoms with Gasteiger partial charge in [-0.3, -0.25) is 4.99 Å². The molecule has 3 fully saturated rings. The SMILES string of the molecule is Oc1c(C2=NCC3(CC4CCN(CC4)C3)N2)oc2ccccc12. The number of furan rings is 1. The summed E-state index contributed by atoms with van der Waals surface area (Å²) in [7, 11) is 0. The minimum atomic E-state index is 0.0123. The molecule has 0 aliphatic carbocycles. The normalized spacial score (nSPS) is 33.0. The van der Waals surface area contributed by atoms with E-state index < -0.39 is 0 Å². The van der Waals surface area contributed by atoms with Crippen molar-refractivity contribution < 1.29 is 9.52 Å². The van der Waals surface area contributed by atoms with E-state index in [1.54, 1.807) is 0 Å². The second-order valence-electron chi connectivity index (χ2n) is 7.27. The maximum atomic E-state index is 10.5. The van der Waals surface area contributed by atoms with Crippen molar-refractivity contribution in [3.8, 4) is 5.75 Å². The summed E-state index contributed by atoms with van der Waals surface area (Å²) in [5.41, 5.74) is 0.716. The van der Waals surface area contributed by atoms with Crippen molar-refractivity contribution in [2.75, 3.05) is 26.2 Å². The molecule has 2 N–H and O–H groups in total. The number of amidine groups is 1. The molecule has 2 bridgehead atoms. The topological polar surface area (TPSA) is 61.0 Å². The molecule has 5 heterocycles. The lowest BCUT2D eigenvalue weighted by Crippen LogP contribution is -2.52. The molecule has 5 heteroatoms. The quantitative estimate of drug-likeness (QED) is 0.848. The van der Waals surface area contributed by atoms with Crippen LogP contribution in [0.3, 0.4) is 0 Å². The number of rotatable bonds is 1. The fourth-order valence-corrected chi connectivity index (χ4v) is 4.48. The third kappa shape index (κ3) is 2.06. The molecule has 2 aromatic rings. The summed E-state index contributed by atoms with van der Waals surface area (Å²) in [4.78, 5) is 7.25. The van der Waals surface area contributed by atoms with Gasteiger partial charge in [-0.2, -0.15) is 0 Å². The highest BCUT2D eigenvalue weighted by atomic mass is 16.4. The maximum Gasteiger partial charge on any atom is 0.211 e. The number of hydrogen-bond acceptors (Lipinski definition) is 5. The first-order chi connectivity index (χ1) is 11.2. The van der Waals surface area contributed by atoms with Gasteiger partial charge in [-0.15, -0.1) is 0 Å². The molecule has 4 aliphatic heterocycles. The summed E-state index contributed by atoms with van der Waals surface area (Å²) in [5, 5.41) is 14.9. The van der Waals surface area contributed by atoms with E-state index >= 15 is 0 Å². The van der Waals surface area contributed by atoms with Crippen molar-refractivity contribution in [2.45, 2.75) is 24.8 Å². The predicted molar refractivity (Wildman–Crippen MR) is 88.9 cm³/mol. The van der Waals surface area contributed by atoms with Gasteiger partial charge in [-0.1, -0.05) is 12.1 Å². The van der Waals surface area contributed by atoms with Crippen molar-refractivity contribution in [2.24, 2.45) is 10.9 Å². The van der Waals surface area contributed by atoms with Crippen LogP contribution in [0.5, 0.6) is 5.75 Å². The van der Waals surface area contributed by atoms with Gasteiger partial charge in [0.1, 0.15) is 5.58 Å². The minimum absolute atomic E-state index is 0.0123. The number of piperidine rings is 1. The lowest BCUT2D eigenvalue weighted by Gasteiger charge is -2.31. The van der Waals surface area contributed by atoms with E-state index in [9.17, 15) is 5.11 Å². The number of para-hydroxylation sites is 1. The van der Waals surface area contributed by atoms with Gasteiger partial charge in [0.2, 0.25) is 5.76 Å². The summed E-state index contributed by atoms with van der Waals surface area (Å²) < 4.78 is 5.86. The van der Waals surface area contributed by atoms with Gasteiger partial charge < -0.3 is 19.7 Å². The monoisotopic (exact) mass is 311 g/mol. The summed E-state index contributed by atoms with van der Waals surface area (Å²) >= 11 is 0. The Hall–Kier alpha value is -2.01. The van der Waals surface area contributed by atoms with Crippen LogP contribution in [0.2, 0.25) is 0 Å². The zero-order chi connectivity index (χ0) is 15.4. The molecule has 0 amide bonds. The second-order valence-corrected chi connectivity index (χ2v) is 7.27. The van der Waals surface area contributed by atoms with Crippen molar-refractivity contribution in [3.05, 3.63) is 30.0 Å². The molecule has 1 spiro atoms. The van der Waals surface area contributed by atoms with E-state index in [1.165, 1.54) is 25.9 Å². The molecule has 6 rings (SSSR count). The van der Waals surface area contributed by atoms with E-state index in [0.717, 1.165) is 30.8 Å². The first-order valence-electron chi connectivity index (χ1n) is 8.48. The summed E-state index contributed by atoms with van der Waals surface area (Å²) in [6.07, 6.45) is 3.76. The van der Waals surface area contributed by atoms with Crippen molar-refractivity contribution in [3.63, 3.8) is 0 Å². The number of fused-ring (bicyclic) bond motifs is 3. The molecule has 1 unspecified atom stereocenters. The van der Waals surface area contributed by atoms with Gasteiger partial charge in [0.15, 0.2) is 11.6 Å². The lowest BCUT2D eigenvalue weighted by atomic mass is 9.86. The summed E-state index contributed by atoms with van der Waals surface area (Å²) in [6, 6.07) is 7.57. The highest BCUT2D eigenvalue weighted by molar-refractivity contribution is 6.05. The molecule has 120 valence electrons. The van der Waals surface area contributed by atoms with Crippen LogP contribution in [-0.2, 0) is 0 Å². The number of benzene rings is 1. The Morgan fingerprint density at radius 3 is 2.91 bits per heavy atom. The molecular weight excluding hydrogens is 290 g/mol. The first kappa shape index (κ1) is 13.4. The molecule has 23 heavy (non-hydrogen) atoms. The van der Waals surface area contributed by atoms with E-state index in [4.69, 9.17) is 9.41 Å². The molecular formula is C18H21N3O2. The zero-order valence-corrected chi connectivity index (χ0v) is 13.1. The smallest absolute Gasteiger partial charge is 0.211 e. The summed E-state index contributed by atoms with van der Waals surface area (Å²) in [5.74, 6) is 2.18. The third-order valence-corrected chi connectivity index (χ3v) is 5.62. The van der Waals surface area contributed by atoms with Crippen LogP contribution < -0.4 is 5.32 Å². The Morgan fingerprint density at radius 2 is 2.09 bits per heavy atom. The van der Waals surface area contributed by atoms with Gasteiger partial charge in [-0.05, 0) is 50.4 Å². The lowest BCUT2D eigenvalue weighted by molar-refractivity contribution is 0.211. The van der Waals surface area contributed by atoms with E-state index in [0.29, 0.717) is 17.2 Å². The molecule has 3 saturated heterocycles. The minimum Gasteiger partial charge on any atom is -0.504 e. The molecule has 1 aromatic heterocycles. The average Bonchev–Trinajstić information content (AvgIpc) is 2.99. The number of aliphatic imine (C=N–C) groups is 1. The van der Waals surface area contributed by atoms with Crippen LogP contribution in [0.1, 0.15) is 25.0 Å². The van der Waals surface area contributed by atoms with Crippen molar-refractivity contribution in [1.82, 2.24) is 10.2 Å². The number of hydrogen-bond donors (Lipinski definition) is 2. The Bertz CT molecular complexity index is 773. The van der Waals surface area contributed by atoms with E-state index in [2.05, 4.69) is 10.2 Å². The van der Waals surface area contributed by atoms with E-state index in [1.807, 2.05) is 24.3 Å². The Morgan fingerprint density at radius 1 is 1.26 bits per heavy atom. The molecule has 1 aromatic carbocycles. The standard InChI is InChI=1S/C18H21N3O2/c22-15-13-3-1-2-4-14(13)23-16(15)17-19-10-18(20-17)9-12-5-7-21(11-18)8-6-12/h1-4,12,22H,5-11H2,(H,19,20). The van der Waals surface area contributed by atoms with Crippen LogP contribution in [0.4, 0.5) is 0 Å². The number of nitrogens with one attached hydrogen (secondary N) is 1. The fourth-order valence-electron chi connectivity index (χ4n) is 4.48. The van der Waals surface area contributed by atoms with Crippen LogP contribution in [0, 0.1) is 5.92 Å². The van der Waals surface area contributed by atoms with Crippen molar-refractivity contribution in [1.29, 1.82) is 0 Å².